The number of methoxy groups -OCH3 is 1. The number of pyridine rings is 1. The van der Waals surface area contributed by atoms with Crippen LogP contribution in [0.4, 0.5) is 0 Å². The average Bonchev–Trinajstić information content (AvgIpc) is 2.62. The number of aromatic nitrogens is 1. The minimum Gasteiger partial charge on any atom is -0.497 e. The van der Waals surface area contributed by atoms with Crippen molar-refractivity contribution in [2.24, 2.45) is 5.10 Å². The molecule has 0 fully saturated rings. The van der Waals surface area contributed by atoms with Gasteiger partial charge in [0.1, 0.15) is 10.9 Å². The number of hydrogen-bond donors (Lipinski definition) is 1. The molecule has 1 N–H and O–H groups in total. The summed E-state index contributed by atoms with van der Waals surface area (Å²) in [5.41, 5.74) is 4.07. The third-order valence-electron chi connectivity index (χ3n) is 3.49. The summed E-state index contributed by atoms with van der Waals surface area (Å²) in [6.07, 6.45) is 1.43. The van der Waals surface area contributed by atoms with E-state index in [0.717, 1.165) is 10.9 Å². The van der Waals surface area contributed by atoms with Crippen LogP contribution in [0.3, 0.4) is 0 Å². The van der Waals surface area contributed by atoms with E-state index < -0.39 is 5.91 Å². The fraction of sp³-hybridized carbons (Fsp3) is 0.0556. The number of amides is 1. The van der Waals surface area contributed by atoms with E-state index >= 15 is 0 Å². The lowest BCUT2D eigenvalue weighted by molar-refractivity contribution is 0.0955. The van der Waals surface area contributed by atoms with Crippen molar-refractivity contribution in [1.29, 1.82) is 0 Å². The minimum atomic E-state index is -0.409. The predicted octanol–water partition coefficient (Wildman–Crippen LogP) is 4.31. The fourth-order valence-corrected chi connectivity index (χ4v) is 2.65. The third kappa shape index (κ3) is 3.90. The smallest absolute Gasteiger partial charge is 0.272 e. The first-order valence-corrected chi connectivity index (χ1v) is 8.06. The zero-order valence-corrected chi connectivity index (χ0v) is 14.7. The third-order valence-corrected chi connectivity index (χ3v) is 4.12. The summed E-state index contributed by atoms with van der Waals surface area (Å²) in [6.45, 7) is 0. The highest BCUT2D eigenvalue weighted by molar-refractivity contribution is 6.34. The number of benzene rings is 2. The predicted molar refractivity (Wildman–Crippen MR) is 99.8 cm³/mol. The molecule has 5 nitrogen and oxygen atoms in total. The summed E-state index contributed by atoms with van der Waals surface area (Å²) in [5, 5.41) is 5.42. The van der Waals surface area contributed by atoms with E-state index in [-0.39, 0.29) is 5.15 Å². The topological polar surface area (TPSA) is 63.6 Å². The van der Waals surface area contributed by atoms with Crippen LogP contribution < -0.4 is 10.2 Å². The number of rotatable bonds is 4. The van der Waals surface area contributed by atoms with Crippen LogP contribution in [0.1, 0.15) is 15.9 Å². The summed E-state index contributed by atoms with van der Waals surface area (Å²) >= 11 is 12.1. The van der Waals surface area contributed by atoms with E-state index in [2.05, 4.69) is 15.5 Å². The van der Waals surface area contributed by atoms with Gasteiger partial charge < -0.3 is 4.74 Å². The molecule has 1 heterocycles. The zero-order valence-electron chi connectivity index (χ0n) is 13.2. The van der Waals surface area contributed by atoms with Gasteiger partial charge >= 0.3 is 0 Å². The van der Waals surface area contributed by atoms with Crippen molar-refractivity contribution in [2.75, 3.05) is 7.11 Å². The van der Waals surface area contributed by atoms with Crippen LogP contribution in [0.2, 0.25) is 10.2 Å². The second-order valence-corrected chi connectivity index (χ2v) is 5.87. The van der Waals surface area contributed by atoms with Gasteiger partial charge in [-0.15, -0.1) is 0 Å². The van der Waals surface area contributed by atoms with Gasteiger partial charge in [0.15, 0.2) is 0 Å². The molecule has 0 atom stereocenters. The Morgan fingerprint density at radius 1 is 1.20 bits per heavy atom. The summed E-state index contributed by atoms with van der Waals surface area (Å²) < 4.78 is 5.20. The fourth-order valence-electron chi connectivity index (χ4n) is 2.23. The molecule has 0 saturated heterocycles. The molecule has 3 rings (SSSR count). The van der Waals surface area contributed by atoms with Gasteiger partial charge in [0, 0.05) is 10.9 Å². The largest absolute Gasteiger partial charge is 0.497 e. The number of carbonyl (C=O) groups is 1. The van der Waals surface area contributed by atoms with Crippen molar-refractivity contribution in [3.63, 3.8) is 0 Å². The summed E-state index contributed by atoms with van der Waals surface area (Å²) in [7, 11) is 1.59. The van der Waals surface area contributed by atoms with Crippen molar-refractivity contribution >= 4 is 46.2 Å². The van der Waals surface area contributed by atoms with Crippen molar-refractivity contribution in [1.82, 2.24) is 10.4 Å². The molecule has 0 radical (unpaired) electrons. The monoisotopic (exact) mass is 373 g/mol. The first kappa shape index (κ1) is 17.2. The molecule has 0 saturated carbocycles. The Morgan fingerprint density at radius 3 is 2.76 bits per heavy atom. The normalized spacial score (nSPS) is 11.0. The molecular weight excluding hydrogens is 361 g/mol. The van der Waals surface area contributed by atoms with Gasteiger partial charge in [-0.3, -0.25) is 4.79 Å². The zero-order chi connectivity index (χ0) is 17.8. The summed E-state index contributed by atoms with van der Waals surface area (Å²) in [6, 6.07) is 14.0. The summed E-state index contributed by atoms with van der Waals surface area (Å²) in [4.78, 5) is 16.4. The highest BCUT2D eigenvalue weighted by atomic mass is 35.5. The maximum atomic E-state index is 12.1. The molecule has 7 heteroatoms. The molecule has 1 aromatic heterocycles. The van der Waals surface area contributed by atoms with E-state index in [1.807, 2.05) is 24.3 Å². The van der Waals surface area contributed by atoms with E-state index in [0.29, 0.717) is 21.9 Å². The molecule has 0 aliphatic carbocycles. The van der Waals surface area contributed by atoms with E-state index in [1.165, 1.54) is 6.21 Å². The molecule has 1 amide bonds. The molecule has 0 unspecified atom stereocenters. The van der Waals surface area contributed by atoms with E-state index in [1.54, 1.807) is 31.4 Å². The number of nitrogens with zero attached hydrogens (tertiary/aromatic N) is 2. The number of hydrazone groups is 1. The molecule has 0 aliphatic heterocycles. The minimum absolute atomic E-state index is 0.286. The van der Waals surface area contributed by atoms with Crippen LogP contribution in [0.25, 0.3) is 10.9 Å². The van der Waals surface area contributed by atoms with Gasteiger partial charge in [0.25, 0.3) is 5.91 Å². The molecule has 0 aliphatic rings. The highest BCUT2D eigenvalue weighted by Gasteiger charge is 2.08. The Bertz CT molecular complexity index is 974. The SMILES string of the molecule is COc1ccc2nc(Cl)c(/C=N\NC(=O)c3ccccc3Cl)cc2c1. The second kappa shape index (κ2) is 7.51. The van der Waals surface area contributed by atoms with Crippen LogP contribution in [-0.4, -0.2) is 24.2 Å². The van der Waals surface area contributed by atoms with Gasteiger partial charge in [-0.05, 0) is 36.4 Å². The number of hydrogen-bond acceptors (Lipinski definition) is 4. The van der Waals surface area contributed by atoms with E-state index in [4.69, 9.17) is 27.9 Å². The number of halogens is 2. The van der Waals surface area contributed by atoms with Gasteiger partial charge in [0.05, 0.1) is 29.4 Å². The first-order valence-electron chi connectivity index (χ1n) is 7.30. The van der Waals surface area contributed by atoms with Crippen molar-refractivity contribution in [2.45, 2.75) is 0 Å². The second-order valence-electron chi connectivity index (χ2n) is 5.11. The van der Waals surface area contributed by atoms with Crippen LogP contribution >= 0.6 is 23.2 Å². The van der Waals surface area contributed by atoms with Gasteiger partial charge in [-0.1, -0.05) is 35.3 Å². The Labute approximate surface area is 154 Å². The van der Waals surface area contributed by atoms with Crippen molar-refractivity contribution in [3.05, 3.63) is 69.8 Å². The maximum absolute atomic E-state index is 12.1. The molecule has 3 aromatic rings. The number of nitrogens with one attached hydrogen (secondary N) is 1. The molecule has 2 aromatic carbocycles. The Balaban J connectivity index is 1.82. The molecule has 126 valence electrons. The molecule has 0 spiro atoms. The lowest BCUT2D eigenvalue weighted by atomic mass is 10.1. The molecule has 25 heavy (non-hydrogen) atoms. The average molecular weight is 374 g/mol. The van der Waals surface area contributed by atoms with Crippen molar-refractivity contribution in [3.8, 4) is 5.75 Å². The number of ether oxygens (including phenoxy) is 1. The lowest BCUT2D eigenvalue weighted by Gasteiger charge is -2.05. The van der Waals surface area contributed by atoms with Crippen LogP contribution in [0.15, 0.2) is 53.6 Å². The van der Waals surface area contributed by atoms with Crippen LogP contribution in [-0.2, 0) is 0 Å². The number of carbonyl (C=O) groups excluding carboxylic acids is 1. The van der Waals surface area contributed by atoms with Crippen LogP contribution in [0.5, 0.6) is 5.75 Å². The Hall–Kier alpha value is -2.63. The Kier molecular flexibility index (Phi) is 5.16. The highest BCUT2D eigenvalue weighted by Crippen LogP contribution is 2.23. The maximum Gasteiger partial charge on any atom is 0.272 e. The van der Waals surface area contributed by atoms with E-state index in [9.17, 15) is 4.79 Å². The Morgan fingerprint density at radius 2 is 2.00 bits per heavy atom. The quantitative estimate of drug-likeness (QED) is 0.420. The number of fused-ring (bicyclic) bond motifs is 1. The molecule has 0 bridgehead atoms. The standard InChI is InChI=1S/C18H13Cl2N3O2/c1-25-13-6-7-16-11(9-13)8-12(17(20)22-16)10-21-23-18(24)14-4-2-3-5-15(14)19/h2-10H,1H3,(H,23,24)/b21-10-. The first-order chi connectivity index (χ1) is 12.1. The molecular formula is C18H13Cl2N3O2. The lowest BCUT2D eigenvalue weighted by Crippen LogP contribution is -2.18. The summed E-state index contributed by atoms with van der Waals surface area (Å²) in [5.74, 6) is 0.305. The van der Waals surface area contributed by atoms with Gasteiger partial charge in [0.2, 0.25) is 0 Å². The van der Waals surface area contributed by atoms with Crippen molar-refractivity contribution < 1.29 is 9.53 Å². The van der Waals surface area contributed by atoms with Crippen LogP contribution in [0, 0.1) is 0 Å². The van der Waals surface area contributed by atoms with Gasteiger partial charge in [-0.25, -0.2) is 10.4 Å². The van der Waals surface area contributed by atoms with Gasteiger partial charge in [-0.2, -0.15) is 5.10 Å².